The number of thioether (sulfide) groups is 1. The van der Waals surface area contributed by atoms with E-state index in [1.165, 1.54) is 6.92 Å². The molecule has 12 heavy (non-hydrogen) atoms. The third kappa shape index (κ3) is 5.52. The van der Waals surface area contributed by atoms with Crippen LogP contribution in [0.4, 0.5) is 8.78 Å². The Balaban J connectivity index is 3.49. The van der Waals surface area contributed by atoms with E-state index in [-0.39, 0.29) is 23.7 Å². The SMILES string of the molecule is CCC(=O)SCCC(F)(F)CC. The van der Waals surface area contributed by atoms with Gasteiger partial charge in [0.1, 0.15) is 0 Å². The van der Waals surface area contributed by atoms with Gasteiger partial charge in [0.2, 0.25) is 5.92 Å². The third-order valence-corrected chi connectivity index (χ3v) is 2.56. The summed E-state index contributed by atoms with van der Waals surface area (Å²) in [6.45, 7) is 3.18. The quantitative estimate of drug-likeness (QED) is 0.672. The lowest BCUT2D eigenvalue weighted by Gasteiger charge is -2.12. The first-order chi connectivity index (χ1) is 5.52. The molecule has 0 saturated heterocycles. The van der Waals surface area contributed by atoms with Crippen molar-refractivity contribution in [1.82, 2.24) is 0 Å². The highest BCUT2D eigenvalue weighted by Crippen LogP contribution is 2.24. The van der Waals surface area contributed by atoms with Gasteiger partial charge < -0.3 is 0 Å². The van der Waals surface area contributed by atoms with Gasteiger partial charge in [-0.15, -0.1) is 0 Å². The Hall–Kier alpha value is -0.120. The Morgan fingerprint density at radius 3 is 2.42 bits per heavy atom. The second kappa shape index (κ2) is 5.51. The van der Waals surface area contributed by atoms with Crippen LogP contribution >= 0.6 is 11.8 Å². The highest BCUT2D eigenvalue weighted by molar-refractivity contribution is 8.13. The molecule has 0 saturated carbocycles. The standard InChI is InChI=1S/C8H14F2OS/c1-3-7(11)12-6-5-8(9,10)4-2/h3-6H2,1-2H3. The molecule has 0 aliphatic carbocycles. The van der Waals surface area contributed by atoms with Gasteiger partial charge in [-0.2, -0.15) is 0 Å². The van der Waals surface area contributed by atoms with Crippen molar-refractivity contribution in [2.45, 2.75) is 39.0 Å². The molecule has 0 rings (SSSR count). The third-order valence-electron chi connectivity index (χ3n) is 1.54. The fourth-order valence-corrected chi connectivity index (χ4v) is 1.43. The summed E-state index contributed by atoms with van der Waals surface area (Å²) in [5.74, 6) is -2.37. The zero-order valence-electron chi connectivity index (χ0n) is 7.40. The summed E-state index contributed by atoms with van der Waals surface area (Å²) < 4.78 is 25.2. The van der Waals surface area contributed by atoms with Crippen LogP contribution in [0.3, 0.4) is 0 Å². The van der Waals surface area contributed by atoms with Crippen LogP contribution in [0.1, 0.15) is 33.1 Å². The number of alkyl halides is 2. The fraction of sp³-hybridized carbons (Fsp3) is 0.875. The van der Waals surface area contributed by atoms with E-state index in [1.54, 1.807) is 6.92 Å². The maximum atomic E-state index is 12.6. The minimum absolute atomic E-state index is 0.0121. The van der Waals surface area contributed by atoms with Gasteiger partial charge in [0.15, 0.2) is 5.12 Å². The lowest BCUT2D eigenvalue weighted by Crippen LogP contribution is -2.15. The highest BCUT2D eigenvalue weighted by Gasteiger charge is 2.25. The van der Waals surface area contributed by atoms with Crippen molar-refractivity contribution >= 4 is 16.9 Å². The molecule has 0 aromatic rings. The van der Waals surface area contributed by atoms with Crippen molar-refractivity contribution in [3.63, 3.8) is 0 Å². The zero-order chi connectivity index (χ0) is 9.61. The van der Waals surface area contributed by atoms with Gasteiger partial charge in [-0.1, -0.05) is 25.6 Å². The molecule has 0 radical (unpaired) electrons. The Kier molecular flexibility index (Phi) is 5.46. The van der Waals surface area contributed by atoms with E-state index >= 15 is 0 Å². The average Bonchev–Trinajstić information content (AvgIpc) is 2.04. The van der Waals surface area contributed by atoms with Crippen molar-refractivity contribution in [1.29, 1.82) is 0 Å². The van der Waals surface area contributed by atoms with Crippen molar-refractivity contribution < 1.29 is 13.6 Å². The average molecular weight is 196 g/mol. The molecule has 0 aromatic heterocycles. The van der Waals surface area contributed by atoms with Crippen LogP contribution in [-0.2, 0) is 4.79 Å². The molecular weight excluding hydrogens is 182 g/mol. The first kappa shape index (κ1) is 11.9. The number of hydrogen-bond donors (Lipinski definition) is 0. The van der Waals surface area contributed by atoms with Crippen LogP contribution in [0, 0.1) is 0 Å². The summed E-state index contributed by atoms with van der Waals surface area (Å²) in [4.78, 5) is 10.7. The Labute approximate surface area is 75.9 Å². The van der Waals surface area contributed by atoms with Crippen molar-refractivity contribution in [2.75, 3.05) is 5.75 Å². The summed E-state index contributed by atoms with van der Waals surface area (Å²) >= 11 is 1.000. The van der Waals surface area contributed by atoms with E-state index in [0.717, 1.165) is 11.8 Å². The molecule has 0 spiro atoms. The van der Waals surface area contributed by atoms with Crippen molar-refractivity contribution in [3.05, 3.63) is 0 Å². The molecule has 0 aliphatic rings. The van der Waals surface area contributed by atoms with E-state index in [0.29, 0.717) is 6.42 Å². The Morgan fingerprint density at radius 2 is 2.00 bits per heavy atom. The number of hydrogen-bond acceptors (Lipinski definition) is 2. The first-order valence-electron chi connectivity index (χ1n) is 4.05. The minimum Gasteiger partial charge on any atom is -0.287 e. The van der Waals surface area contributed by atoms with Crippen LogP contribution in [0.25, 0.3) is 0 Å². The van der Waals surface area contributed by atoms with Gasteiger partial charge in [-0.05, 0) is 0 Å². The van der Waals surface area contributed by atoms with Gasteiger partial charge >= 0.3 is 0 Å². The minimum atomic E-state index is -2.60. The number of carbonyl (C=O) groups is 1. The van der Waals surface area contributed by atoms with E-state index in [1.807, 2.05) is 0 Å². The zero-order valence-corrected chi connectivity index (χ0v) is 8.22. The van der Waals surface area contributed by atoms with Crippen LogP contribution in [0.15, 0.2) is 0 Å². The molecule has 4 heteroatoms. The molecule has 0 N–H and O–H groups in total. The maximum absolute atomic E-state index is 12.6. The van der Waals surface area contributed by atoms with Crippen LogP contribution < -0.4 is 0 Å². The van der Waals surface area contributed by atoms with E-state index in [4.69, 9.17) is 0 Å². The second-order valence-electron chi connectivity index (χ2n) is 2.53. The molecule has 0 atom stereocenters. The second-order valence-corrected chi connectivity index (χ2v) is 3.69. The van der Waals surface area contributed by atoms with Crippen LogP contribution in [-0.4, -0.2) is 16.8 Å². The van der Waals surface area contributed by atoms with Gasteiger partial charge in [0, 0.05) is 25.0 Å². The summed E-state index contributed by atoms with van der Waals surface area (Å²) in [7, 11) is 0. The summed E-state index contributed by atoms with van der Waals surface area (Å²) in [5, 5.41) is -0.0121. The molecule has 0 aromatic carbocycles. The highest BCUT2D eigenvalue weighted by atomic mass is 32.2. The van der Waals surface area contributed by atoms with Gasteiger partial charge in [-0.3, -0.25) is 4.79 Å². The van der Waals surface area contributed by atoms with Gasteiger partial charge in [-0.25, -0.2) is 8.78 Å². The summed E-state index contributed by atoms with van der Waals surface area (Å²) in [5.41, 5.74) is 0. The summed E-state index contributed by atoms with van der Waals surface area (Å²) in [6, 6.07) is 0. The number of rotatable bonds is 5. The van der Waals surface area contributed by atoms with Crippen LogP contribution in [0.5, 0.6) is 0 Å². The summed E-state index contributed by atoms with van der Waals surface area (Å²) in [6.07, 6.45) is 0.0795. The molecule has 0 heterocycles. The predicted octanol–water partition coefficient (Wildman–Crippen LogP) is 3.09. The molecule has 0 amide bonds. The lowest BCUT2D eigenvalue weighted by molar-refractivity contribution is -0.110. The van der Waals surface area contributed by atoms with Gasteiger partial charge in [0.05, 0.1) is 0 Å². The van der Waals surface area contributed by atoms with Crippen molar-refractivity contribution in [3.8, 4) is 0 Å². The van der Waals surface area contributed by atoms with E-state index < -0.39 is 5.92 Å². The molecular formula is C8H14F2OS. The van der Waals surface area contributed by atoms with Crippen LogP contribution in [0.2, 0.25) is 0 Å². The molecule has 0 unspecified atom stereocenters. The number of halogens is 2. The molecule has 0 fully saturated rings. The Bertz CT molecular complexity index is 148. The maximum Gasteiger partial charge on any atom is 0.248 e. The number of carbonyl (C=O) groups excluding carboxylic acids is 1. The van der Waals surface area contributed by atoms with Gasteiger partial charge in [0.25, 0.3) is 0 Å². The molecule has 0 bridgehead atoms. The smallest absolute Gasteiger partial charge is 0.248 e. The first-order valence-corrected chi connectivity index (χ1v) is 5.04. The predicted molar refractivity (Wildman–Crippen MR) is 47.6 cm³/mol. The Morgan fingerprint density at radius 1 is 1.42 bits per heavy atom. The largest absolute Gasteiger partial charge is 0.287 e. The van der Waals surface area contributed by atoms with E-state index in [9.17, 15) is 13.6 Å². The molecule has 0 aliphatic heterocycles. The molecule has 1 nitrogen and oxygen atoms in total. The normalized spacial score (nSPS) is 11.7. The molecule has 72 valence electrons. The van der Waals surface area contributed by atoms with Crippen molar-refractivity contribution in [2.24, 2.45) is 0 Å². The fourth-order valence-electron chi connectivity index (χ4n) is 0.593. The van der Waals surface area contributed by atoms with E-state index in [2.05, 4.69) is 0 Å². The lowest BCUT2D eigenvalue weighted by atomic mass is 10.2. The monoisotopic (exact) mass is 196 g/mol. The topological polar surface area (TPSA) is 17.1 Å².